The molecule has 1 aliphatic rings. The quantitative estimate of drug-likeness (QED) is 0.876. The minimum Gasteiger partial charge on any atom is -0.356 e. The van der Waals surface area contributed by atoms with E-state index in [-0.39, 0.29) is 6.04 Å². The Bertz CT molecular complexity index is 473. The highest BCUT2D eigenvalue weighted by Gasteiger charge is 2.37. The summed E-state index contributed by atoms with van der Waals surface area (Å²) >= 11 is 0. The van der Waals surface area contributed by atoms with Gasteiger partial charge < -0.3 is 10.6 Å². The molecule has 2 N–H and O–H groups in total. The SMILES string of the molecule is CCC(N)Cc1c(C)nn(C)c1N1CCC(CC)(CC)C1. The second-order valence-corrected chi connectivity index (χ2v) is 6.76. The minimum absolute atomic E-state index is 0.233. The Morgan fingerprint density at radius 3 is 2.48 bits per heavy atom. The van der Waals surface area contributed by atoms with Gasteiger partial charge in [0.15, 0.2) is 0 Å². The second kappa shape index (κ2) is 6.39. The monoisotopic (exact) mass is 292 g/mol. The maximum absolute atomic E-state index is 6.20. The van der Waals surface area contributed by atoms with Crippen LogP contribution >= 0.6 is 0 Å². The van der Waals surface area contributed by atoms with E-state index in [1.54, 1.807) is 0 Å². The summed E-state index contributed by atoms with van der Waals surface area (Å²) in [4.78, 5) is 2.55. The van der Waals surface area contributed by atoms with E-state index in [1.165, 1.54) is 30.6 Å². The fourth-order valence-corrected chi connectivity index (χ4v) is 3.67. The maximum Gasteiger partial charge on any atom is 0.130 e. The van der Waals surface area contributed by atoms with E-state index in [9.17, 15) is 0 Å². The van der Waals surface area contributed by atoms with Gasteiger partial charge in [-0.2, -0.15) is 5.10 Å². The first-order chi connectivity index (χ1) is 9.96. The van der Waals surface area contributed by atoms with Crippen molar-refractivity contribution in [3.63, 3.8) is 0 Å². The standard InChI is InChI=1S/C17H32N4/c1-6-14(18)11-15-13(4)19-20(5)16(15)21-10-9-17(7-2,8-3)12-21/h14H,6-12,18H2,1-5H3. The highest BCUT2D eigenvalue weighted by Crippen LogP contribution is 2.40. The van der Waals surface area contributed by atoms with Crippen LogP contribution < -0.4 is 10.6 Å². The molecular formula is C17H32N4. The Labute approximate surface area is 129 Å². The van der Waals surface area contributed by atoms with Crippen LogP contribution in [0.2, 0.25) is 0 Å². The molecule has 1 unspecified atom stereocenters. The molecule has 4 nitrogen and oxygen atoms in total. The van der Waals surface area contributed by atoms with E-state index in [1.807, 2.05) is 0 Å². The largest absolute Gasteiger partial charge is 0.356 e. The molecule has 2 rings (SSSR count). The van der Waals surface area contributed by atoms with Gasteiger partial charge in [0.25, 0.3) is 0 Å². The van der Waals surface area contributed by atoms with Crippen molar-refractivity contribution in [2.24, 2.45) is 18.2 Å². The first-order valence-electron chi connectivity index (χ1n) is 8.49. The van der Waals surface area contributed by atoms with Crippen molar-refractivity contribution in [3.05, 3.63) is 11.3 Å². The Morgan fingerprint density at radius 2 is 1.95 bits per heavy atom. The molecule has 21 heavy (non-hydrogen) atoms. The number of aryl methyl sites for hydroxylation is 2. The fraction of sp³-hybridized carbons (Fsp3) is 0.824. The average molecular weight is 292 g/mol. The zero-order valence-electron chi connectivity index (χ0n) is 14.4. The lowest BCUT2D eigenvalue weighted by atomic mass is 9.82. The van der Waals surface area contributed by atoms with Crippen LogP contribution in [-0.2, 0) is 13.5 Å². The molecule has 1 atom stereocenters. The Balaban J connectivity index is 2.28. The molecule has 0 radical (unpaired) electrons. The average Bonchev–Trinajstić information content (AvgIpc) is 3.01. The highest BCUT2D eigenvalue weighted by atomic mass is 15.4. The van der Waals surface area contributed by atoms with E-state index < -0.39 is 0 Å². The number of anilines is 1. The predicted octanol–water partition coefficient (Wildman–Crippen LogP) is 3.02. The molecule has 0 amide bonds. The molecule has 1 aromatic heterocycles. The molecule has 1 fully saturated rings. The van der Waals surface area contributed by atoms with Gasteiger partial charge in [-0.3, -0.25) is 4.68 Å². The Morgan fingerprint density at radius 1 is 1.29 bits per heavy atom. The minimum atomic E-state index is 0.233. The molecular weight excluding hydrogens is 260 g/mol. The van der Waals surface area contributed by atoms with Gasteiger partial charge in [-0.15, -0.1) is 0 Å². The molecule has 1 saturated heterocycles. The maximum atomic E-state index is 6.20. The van der Waals surface area contributed by atoms with Crippen LogP contribution in [0.5, 0.6) is 0 Å². The van der Waals surface area contributed by atoms with Gasteiger partial charge in [0, 0.05) is 31.7 Å². The number of aromatic nitrogens is 2. The summed E-state index contributed by atoms with van der Waals surface area (Å²) in [7, 11) is 2.07. The first kappa shape index (κ1) is 16.3. The lowest BCUT2D eigenvalue weighted by molar-refractivity contribution is 0.301. The molecule has 1 aromatic rings. The van der Waals surface area contributed by atoms with E-state index in [4.69, 9.17) is 5.73 Å². The zero-order valence-corrected chi connectivity index (χ0v) is 14.4. The van der Waals surface area contributed by atoms with Crippen LogP contribution in [0.15, 0.2) is 0 Å². The van der Waals surface area contributed by atoms with Crippen molar-refractivity contribution in [2.75, 3.05) is 18.0 Å². The van der Waals surface area contributed by atoms with Gasteiger partial charge in [0.2, 0.25) is 0 Å². The number of nitrogens with zero attached hydrogens (tertiary/aromatic N) is 3. The van der Waals surface area contributed by atoms with E-state index in [0.29, 0.717) is 5.41 Å². The predicted molar refractivity (Wildman–Crippen MR) is 89.8 cm³/mol. The van der Waals surface area contributed by atoms with Gasteiger partial charge in [0.1, 0.15) is 5.82 Å². The molecule has 0 bridgehead atoms. The summed E-state index contributed by atoms with van der Waals surface area (Å²) in [6.45, 7) is 11.2. The smallest absolute Gasteiger partial charge is 0.130 e. The van der Waals surface area contributed by atoms with Crippen LogP contribution in [0, 0.1) is 12.3 Å². The molecule has 120 valence electrons. The summed E-state index contributed by atoms with van der Waals surface area (Å²) in [6.07, 6.45) is 5.78. The van der Waals surface area contributed by atoms with Gasteiger partial charge in [-0.25, -0.2) is 0 Å². The van der Waals surface area contributed by atoms with Gasteiger partial charge in [-0.1, -0.05) is 20.8 Å². The van der Waals surface area contributed by atoms with Gasteiger partial charge in [0.05, 0.1) is 5.69 Å². The van der Waals surface area contributed by atoms with Crippen molar-refractivity contribution in [3.8, 4) is 0 Å². The fourth-order valence-electron chi connectivity index (χ4n) is 3.67. The third-order valence-electron chi connectivity index (χ3n) is 5.54. The Hall–Kier alpha value is -1.03. The molecule has 0 aliphatic carbocycles. The molecule has 0 saturated carbocycles. The third kappa shape index (κ3) is 3.10. The van der Waals surface area contributed by atoms with Crippen molar-refractivity contribution >= 4 is 5.82 Å². The molecule has 4 heteroatoms. The number of hydrogen-bond acceptors (Lipinski definition) is 3. The van der Waals surface area contributed by atoms with Crippen LogP contribution in [0.1, 0.15) is 57.7 Å². The summed E-state index contributed by atoms with van der Waals surface area (Å²) in [5.74, 6) is 1.31. The van der Waals surface area contributed by atoms with Gasteiger partial charge in [-0.05, 0) is 44.4 Å². The van der Waals surface area contributed by atoms with Crippen LogP contribution in [0.25, 0.3) is 0 Å². The van der Waals surface area contributed by atoms with Crippen molar-refractivity contribution < 1.29 is 0 Å². The first-order valence-corrected chi connectivity index (χ1v) is 8.49. The number of rotatable bonds is 6. The number of nitrogens with two attached hydrogens (primary N) is 1. The van der Waals surface area contributed by atoms with Crippen molar-refractivity contribution in [1.29, 1.82) is 0 Å². The van der Waals surface area contributed by atoms with Crippen LogP contribution in [0.4, 0.5) is 5.82 Å². The zero-order chi connectivity index (χ0) is 15.6. The molecule has 1 aliphatic heterocycles. The van der Waals surface area contributed by atoms with Crippen LogP contribution in [-0.4, -0.2) is 28.9 Å². The third-order valence-corrected chi connectivity index (χ3v) is 5.54. The highest BCUT2D eigenvalue weighted by molar-refractivity contribution is 5.52. The molecule has 2 heterocycles. The van der Waals surface area contributed by atoms with Crippen molar-refractivity contribution in [2.45, 2.75) is 65.8 Å². The summed E-state index contributed by atoms with van der Waals surface area (Å²) < 4.78 is 2.06. The van der Waals surface area contributed by atoms with E-state index in [2.05, 4.69) is 49.4 Å². The normalized spacial score (nSPS) is 19.2. The second-order valence-electron chi connectivity index (χ2n) is 6.76. The van der Waals surface area contributed by atoms with Crippen molar-refractivity contribution in [1.82, 2.24) is 9.78 Å². The van der Waals surface area contributed by atoms with E-state index in [0.717, 1.165) is 31.6 Å². The Kier molecular flexibility index (Phi) is 4.97. The number of hydrogen-bond donors (Lipinski definition) is 1. The lowest BCUT2D eigenvalue weighted by Crippen LogP contribution is -2.29. The van der Waals surface area contributed by atoms with E-state index >= 15 is 0 Å². The summed E-state index contributed by atoms with van der Waals surface area (Å²) in [6, 6.07) is 0.233. The molecule has 0 aromatic carbocycles. The summed E-state index contributed by atoms with van der Waals surface area (Å²) in [5.41, 5.74) is 9.19. The topological polar surface area (TPSA) is 47.1 Å². The van der Waals surface area contributed by atoms with Crippen LogP contribution in [0.3, 0.4) is 0 Å². The lowest BCUT2D eigenvalue weighted by Gasteiger charge is -2.28. The summed E-state index contributed by atoms with van der Waals surface area (Å²) in [5, 5.41) is 4.66. The molecule has 0 spiro atoms. The van der Waals surface area contributed by atoms with Gasteiger partial charge >= 0.3 is 0 Å².